The first kappa shape index (κ1) is 39.3. The topological polar surface area (TPSA) is 152 Å². The fourth-order valence-corrected chi connectivity index (χ4v) is 6.07. The van der Waals surface area contributed by atoms with Gasteiger partial charge in [0, 0.05) is 12.3 Å². The van der Waals surface area contributed by atoms with Gasteiger partial charge in [0.25, 0.3) is 0 Å². The van der Waals surface area contributed by atoms with Crippen molar-refractivity contribution in [3.05, 3.63) is 0 Å². The summed E-state index contributed by atoms with van der Waals surface area (Å²) in [6, 6.07) is -0.947. The molecule has 14 heteroatoms. The van der Waals surface area contributed by atoms with E-state index in [2.05, 4.69) is 0 Å². The minimum Gasteiger partial charge on any atom is -0.465 e. The van der Waals surface area contributed by atoms with E-state index in [1.807, 2.05) is 33.9 Å². The molecule has 4 atom stereocenters. The molecule has 0 aromatic rings. The van der Waals surface area contributed by atoms with E-state index in [1.165, 1.54) is 0 Å². The number of carbonyl (C=O) groups excluding carboxylic acids is 6. The van der Waals surface area contributed by atoms with Crippen molar-refractivity contribution in [2.24, 2.45) is 23.2 Å². The summed E-state index contributed by atoms with van der Waals surface area (Å²) in [5.41, 5.74) is -0.863. The molecule has 0 unspecified atom stereocenters. The zero-order chi connectivity index (χ0) is 34.4. The first-order valence-corrected chi connectivity index (χ1v) is 18.1. The molecule has 1 saturated heterocycles. The Kier molecular flexibility index (Phi) is 13.9. The number of β-lactam (4-membered cyclic amide) rings is 1. The summed E-state index contributed by atoms with van der Waals surface area (Å²) in [7, 11) is -2.37. The number of amides is 2. The quantitative estimate of drug-likeness (QED) is 0.0411. The van der Waals surface area contributed by atoms with E-state index in [-0.39, 0.29) is 29.5 Å². The van der Waals surface area contributed by atoms with Crippen LogP contribution in [0.15, 0.2) is 0 Å². The van der Waals surface area contributed by atoms with E-state index in [9.17, 15) is 28.8 Å². The first-order chi connectivity index (χ1) is 20.0. The van der Waals surface area contributed by atoms with Crippen molar-refractivity contribution in [3.63, 3.8) is 0 Å². The van der Waals surface area contributed by atoms with Gasteiger partial charge in [0.15, 0.2) is 14.2 Å². The lowest BCUT2D eigenvalue weighted by molar-refractivity contribution is -0.188. The van der Waals surface area contributed by atoms with Crippen molar-refractivity contribution in [2.45, 2.75) is 106 Å². The Labute approximate surface area is 266 Å². The van der Waals surface area contributed by atoms with Gasteiger partial charge in [-0.15, -0.1) is 0 Å². The predicted molar refractivity (Wildman–Crippen MR) is 167 cm³/mol. The molecule has 1 heterocycles. The second-order valence-corrected chi connectivity index (χ2v) is 18.6. The third-order valence-corrected chi connectivity index (χ3v) is 13.0. The number of hydrogen-bond acceptors (Lipinski definition) is 12. The fraction of sp³-hybridized carbons (Fsp3) is 0.767. The SMILES string of the molecule is CCOC(=O)C(CC(=S)[C@H](C)[C@@H]1[C@@H]([C@@H](C)O[Si](C)(C)C(C)(C)C)C(=O)N1C(=O)C(=O)OCOC(=O)C(C)(C)C)C(=O)OCC. The van der Waals surface area contributed by atoms with Crippen LogP contribution in [0.3, 0.4) is 0 Å². The Bertz CT molecular complexity index is 1110. The van der Waals surface area contributed by atoms with Gasteiger partial charge >= 0.3 is 29.8 Å². The van der Waals surface area contributed by atoms with Gasteiger partial charge < -0.3 is 23.4 Å². The van der Waals surface area contributed by atoms with Gasteiger partial charge in [-0.3, -0.25) is 28.9 Å². The molecule has 0 bridgehead atoms. The Morgan fingerprint density at radius 2 is 1.39 bits per heavy atom. The number of nitrogens with zero attached hydrogens (tertiary/aromatic N) is 1. The summed E-state index contributed by atoms with van der Waals surface area (Å²) in [4.78, 5) is 77.6. The van der Waals surface area contributed by atoms with Crippen molar-refractivity contribution >= 4 is 61.1 Å². The van der Waals surface area contributed by atoms with Crippen molar-refractivity contribution < 1.29 is 52.1 Å². The van der Waals surface area contributed by atoms with Crippen molar-refractivity contribution in [1.82, 2.24) is 4.90 Å². The molecule has 44 heavy (non-hydrogen) atoms. The lowest BCUT2D eigenvalue weighted by Gasteiger charge is -2.52. The van der Waals surface area contributed by atoms with E-state index in [4.69, 9.17) is 35.6 Å². The minimum absolute atomic E-state index is 0.0357. The highest BCUT2D eigenvalue weighted by molar-refractivity contribution is 7.80. The van der Waals surface area contributed by atoms with Crippen LogP contribution in [-0.4, -0.2) is 85.9 Å². The Morgan fingerprint density at radius 1 is 0.886 bits per heavy atom. The van der Waals surface area contributed by atoms with Gasteiger partial charge in [0.2, 0.25) is 12.7 Å². The van der Waals surface area contributed by atoms with Crippen molar-refractivity contribution in [3.8, 4) is 0 Å². The number of hydrogen-bond donors (Lipinski definition) is 0. The third kappa shape index (κ3) is 9.64. The molecule has 1 fully saturated rings. The predicted octanol–water partition coefficient (Wildman–Crippen LogP) is 3.98. The fourth-order valence-electron chi connectivity index (χ4n) is 4.33. The maximum absolute atomic E-state index is 13.5. The lowest BCUT2D eigenvalue weighted by atomic mass is 9.74. The number of ether oxygens (including phenoxy) is 4. The number of thiocarbonyl (C=S) groups is 1. The summed E-state index contributed by atoms with van der Waals surface area (Å²) >= 11 is 5.65. The highest BCUT2D eigenvalue weighted by Gasteiger charge is 2.58. The molecule has 0 aromatic heterocycles. The Hall–Kier alpha value is -2.71. The maximum atomic E-state index is 13.5. The van der Waals surface area contributed by atoms with E-state index >= 15 is 0 Å². The van der Waals surface area contributed by atoms with Crippen LogP contribution in [0.25, 0.3) is 0 Å². The molecular formula is C30H49NO11SSi. The summed E-state index contributed by atoms with van der Waals surface area (Å²) in [6.45, 7) is 20.9. The normalized spacial score (nSPS) is 18.6. The molecule has 250 valence electrons. The van der Waals surface area contributed by atoms with Crippen LogP contribution in [0.5, 0.6) is 0 Å². The molecule has 0 radical (unpaired) electrons. The Balaban J connectivity index is 3.34. The first-order valence-electron chi connectivity index (χ1n) is 14.8. The van der Waals surface area contributed by atoms with Gasteiger partial charge in [0.05, 0.1) is 36.7 Å². The van der Waals surface area contributed by atoms with Crippen LogP contribution in [0.4, 0.5) is 0 Å². The number of imide groups is 1. The molecule has 2 amide bonds. The van der Waals surface area contributed by atoms with E-state index in [0.717, 1.165) is 4.90 Å². The minimum atomic E-state index is -2.37. The zero-order valence-electron chi connectivity index (χ0n) is 28.1. The summed E-state index contributed by atoms with van der Waals surface area (Å²) in [5, 5.41) is -0.180. The van der Waals surface area contributed by atoms with Crippen LogP contribution in [0.1, 0.15) is 75.7 Å². The standard InChI is InChI=1S/C30H49NO11SSi/c1-13-38-25(34)19(26(35)39-14-2)15-20(43)17(3)22-21(18(4)42-44(11,12)30(8,9)10)23(32)31(22)24(33)27(36)40-16-41-28(37)29(5,6)7/h17-19,21-22H,13-16H2,1-12H3/t17-,18+,21+,22+/m0/s1. The average molecular weight is 660 g/mol. The molecule has 0 saturated carbocycles. The zero-order valence-corrected chi connectivity index (χ0v) is 29.9. The molecular weight excluding hydrogens is 610 g/mol. The number of likely N-dealkylation sites (tertiary alicyclic amines) is 1. The molecule has 0 spiro atoms. The van der Waals surface area contributed by atoms with Crippen LogP contribution < -0.4 is 0 Å². The largest absolute Gasteiger partial charge is 0.465 e. The van der Waals surface area contributed by atoms with Crippen molar-refractivity contribution in [1.29, 1.82) is 0 Å². The molecule has 1 aliphatic rings. The van der Waals surface area contributed by atoms with Gasteiger partial charge in [-0.25, -0.2) is 4.79 Å². The molecule has 1 rings (SSSR count). The summed E-state index contributed by atoms with van der Waals surface area (Å²) in [5.74, 6) is -8.53. The van der Waals surface area contributed by atoms with Crippen LogP contribution in [-0.2, 0) is 52.1 Å². The molecule has 0 aromatic carbocycles. The lowest BCUT2D eigenvalue weighted by Crippen LogP contribution is -2.71. The summed E-state index contributed by atoms with van der Waals surface area (Å²) in [6.07, 6.45) is -0.893. The van der Waals surface area contributed by atoms with Crippen LogP contribution in [0, 0.1) is 23.2 Å². The maximum Gasteiger partial charge on any atom is 0.400 e. The van der Waals surface area contributed by atoms with Crippen LogP contribution >= 0.6 is 12.2 Å². The second kappa shape index (κ2) is 15.5. The second-order valence-electron chi connectivity index (χ2n) is 13.4. The monoisotopic (exact) mass is 659 g/mol. The average Bonchev–Trinajstić information content (AvgIpc) is 2.88. The van der Waals surface area contributed by atoms with E-state index in [1.54, 1.807) is 48.5 Å². The molecule has 0 aliphatic carbocycles. The van der Waals surface area contributed by atoms with Crippen LogP contribution in [0.2, 0.25) is 18.1 Å². The number of carbonyl (C=O) groups is 6. The van der Waals surface area contributed by atoms with Gasteiger partial charge in [0.1, 0.15) is 0 Å². The van der Waals surface area contributed by atoms with E-state index in [0.29, 0.717) is 0 Å². The van der Waals surface area contributed by atoms with Crippen molar-refractivity contribution in [2.75, 3.05) is 20.0 Å². The van der Waals surface area contributed by atoms with Gasteiger partial charge in [-0.2, -0.15) is 0 Å². The molecule has 0 N–H and O–H groups in total. The smallest absolute Gasteiger partial charge is 0.400 e. The molecule has 1 aliphatic heterocycles. The van der Waals surface area contributed by atoms with Gasteiger partial charge in [-0.1, -0.05) is 39.9 Å². The highest BCUT2D eigenvalue weighted by atomic mass is 32.1. The number of esters is 4. The third-order valence-electron chi connectivity index (χ3n) is 7.93. The number of rotatable bonds is 13. The highest BCUT2D eigenvalue weighted by Crippen LogP contribution is 2.42. The Morgan fingerprint density at radius 3 is 1.82 bits per heavy atom. The van der Waals surface area contributed by atoms with Gasteiger partial charge in [-0.05, 0) is 64.5 Å². The summed E-state index contributed by atoms with van der Waals surface area (Å²) < 4.78 is 26.4. The molecule has 12 nitrogen and oxygen atoms in total. The van der Waals surface area contributed by atoms with E-state index < -0.39 is 86.1 Å².